The van der Waals surface area contributed by atoms with E-state index in [1.807, 2.05) is 18.2 Å². The number of hydrogen-bond donors (Lipinski definition) is 0. The van der Waals surface area contributed by atoms with Crippen LogP contribution in [0.15, 0.2) is 71.6 Å². The maximum atomic E-state index is 11.3. The second-order valence-electron chi connectivity index (χ2n) is 4.98. The molecule has 0 aliphatic heterocycles. The van der Waals surface area contributed by atoms with Crippen LogP contribution in [0.4, 0.5) is 0 Å². The van der Waals surface area contributed by atoms with Gasteiger partial charge in [-0.2, -0.15) is 0 Å². The van der Waals surface area contributed by atoms with Crippen LogP contribution < -0.4 is 0 Å². The monoisotopic (exact) mass is 312 g/mol. The summed E-state index contributed by atoms with van der Waals surface area (Å²) in [5.41, 5.74) is 2.91. The van der Waals surface area contributed by atoms with Crippen molar-refractivity contribution in [3.05, 3.63) is 66.7 Å². The first-order valence-corrected chi connectivity index (χ1v) is 8.27. The standard InChI is InChI=1S/C19H20O2S/c1-15(2)19(20)21-13-8-14-22-18-12-7-6-11-17(18)16-9-4-3-5-10-16/h3-7,9-12H,1,8,13-14H2,2H3. The number of ether oxygens (including phenoxy) is 1. The number of rotatable bonds is 7. The van der Waals surface area contributed by atoms with Crippen molar-refractivity contribution in [2.45, 2.75) is 18.2 Å². The van der Waals surface area contributed by atoms with Crippen LogP contribution in [-0.4, -0.2) is 18.3 Å². The van der Waals surface area contributed by atoms with Crippen LogP contribution in [0.25, 0.3) is 11.1 Å². The zero-order valence-corrected chi connectivity index (χ0v) is 13.6. The van der Waals surface area contributed by atoms with Gasteiger partial charge in [0.05, 0.1) is 6.61 Å². The Morgan fingerprint density at radius 2 is 1.77 bits per heavy atom. The third-order valence-corrected chi connectivity index (χ3v) is 4.26. The van der Waals surface area contributed by atoms with E-state index in [2.05, 4.69) is 43.0 Å². The predicted octanol–water partition coefficient (Wildman–Crippen LogP) is 4.96. The molecule has 0 saturated heterocycles. The van der Waals surface area contributed by atoms with Gasteiger partial charge < -0.3 is 4.74 Å². The molecule has 0 aromatic heterocycles. The number of thioether (sulfide) groups is 1. The van der Waals surface area contributed by atoms with Crippen molar-refractivity contribution in [2.75, 3.05) is 12.4 Å². The fourth-order valence-corrected chi connectivity index (χ4v) is 2.98. The molecular formula is C19H20O2S. The fourth-order valence-electron chi connectivity index (χ4n) is 1.98. The highest BCUT2D eigenvalue weighted by Crippen LogP contribution is 2.31. The first kappa shape index (κ1) is 16.4. The molecule has 0 fully saturated rings. The molecule has 0 saturated carbocycles. The summed E-state index contributed by atoms with van der Waals surface area (Å²) in [6.07, 6.45) is 0.826. The molecule has 2 aromatic rings. The lowest BCUT2D eigenvalue weighted by Gasteiger charge is -2.09. The molecule has 0 amide bonds. The van der Waals surface area contributed by atoms with Gasteiger partial charge in [-0.25, -0.2) is 4.79 Å². The van der Waals surface area contributed by atoms with E-state index < -0.39 is 0 Å². The molecule has 2 rings (SSSR count). The molecule has 0 radical (unpaired) electrons. The molecule has 0 bridgehead atoms. The molecule has 0 N–H and O–H groups in total. The minimum atomic E-state index is -0.310. The van der Waals surface area contributed by atoms with Crippen molar-refractivity contribution in [2.24, 2.45) is 0 Å². The van der Waals surface area contributed by atoms with Gasteiger partial charge >= 0.3 is 5.97 Å². The van der Waals surface area contributed by atoms with Crippen molar-refractivity contribution in [3.8, 4) is 11.1 Å². The zero-order chi connectivity index (χ0) is 15.8. The number of carbonyl (C=O) groups excluding carboxylic acids is 1. The molecule has 0 aliphatic rings. The zero-order valence-electron chi connectivity index (χ0n) is 12.7. The summed E-state index contributed by atoms with van der Waals surface area (Å²) in [4.78, 5) is 12.5. The van der Waals surface area contributed by atoms with E-state index in [9.17, 15) is 4.79 Å². The largest absolute Gasteiger partial charge is 0.462 e. The molecule has 0 unspecified atom stereocenters. The molecule has 2 nitrogen and oxygen atoms in total. The van der Waals surface area contributed by atoms with Crippen molar-refractivity contribution >= 4 is 17.7 Å². The van der Waals surface area contributed by atoms with Crippen molar-refractivity contribution in [3.63, 3.8) is 0 Å². The molecule has 2 aromatic carbocycles. The van der Waals surface area contributed by atoms with Gasteiger partial charge in [-0.1, -0.05) is 55.1 Å². The van der Waals surface area contributed by atoms with Gasteiger partial charge in [0, 0.05) is 16.2 Å². The summed E-state index contributed by atoms with van der Waals surface area (Å²) in [5.74, 6) is 0.600. The lowest BCUT2D eigenvalue weighted by Crippen LogP contribution is -2.06. The Kier molecular flexibility index (Phi) is 6.28. The Bertz CT molecular complexity index is 635. The highest BCUT2D eigenvalue weighted by atomic mass is 32.2. The Balaban J connectivity index is 1.89. The Morgan fingerprint density at radius 3 is 2.50 bits per heavy atom. The van der Waals surface area contributed by atoms with E-state index in [0.717, 1.165) is 12.2 Å². The van der Waals surface area contributed by atoms with Gasteiger partial charge in [0.25, 0.3) is 0 Å². The van der Waals surface area contributed by atoms with E-state index in [0.29, 0.717) is 12.2 Å². The molecule has 0 atom stereocenters. The van der Waals surface area contributed by atoms with Crippen LogP contribution in [0.1, 0.15) is 13.3 Å². The van der Waals surface area contributed by atoms with Gasteiger partial charge in [-0.05, 0) is 30.5 Å². The molecule has 22 heavy (non-hydrogen) atoms. The average molecular weight is 312 g/mol. The van der Waals surface area contributed by atoms with E-state index in [1.54, 1.807) is 18.7 Å². The summed E-state index contributed by atoms with van der Waals surface area (Å²) in [5, 5.41) is 0. The summed E-state index contributed by atoms with van der Waals surface area (Å²) in [6.45, 7) is 5.66. The molecule has 114 valence electrons. The van der Waals surface area contributed by atoms with Crippen LogP contribution in [0.2, 0.25) is 0 Å². The molecule has 0 spiro atoms. The fraction of sp³-hybridized carbons (Fsp3) is 0.211. The molecular weight excluding hydrogens is 292 g/mol. The van der Waals surface area contributed by atoms with E-state index >= 15 is 0 Å². The maximum absolute atomic E-state index is 11.3. The van der Waals surface area contributed by atoms with Gasteiger partial charge in [0.1, 0.15) is 0 Å². The second kappa shape index (κ2) is 8.44. The van der Waals surface area contributed by atoms with Crippen LogP contribution in [0, 0.1) is 0 Å². The van der Waals surface area contributed by atoms with Crippen LogP contribution in [-0.2, 0) is 9.53 Å². The third-order valence-electron chi connectivity index (χ3n) is 3.10. The SMILES string of the molecule is C=C(C)C(=O)OCCCSc1ccccc1-c1ccccc1. The maximum Gasteiger partial charge on any atom is 0.333 e. The minimum Gasteiger partial charge on any atom is -0.462 e. The quantitative estimate of drug-likeness (QED) is 0.313. The highest BCUT2D eigenvalue weighted by molar-refractivity contribution is 7.99. The topological polar surface area (TPSA) is 26.3 Å². The first-order chi connectivity index (χ1) is 10.7. The number of benzene rings is 2. The van der Waals surface area contributed by atoms with Crippen molar-refractivity contribution in [1.82, 2.24) is 0 Å². The summed E-state index contributed by atoms with van der Waals surface area (Å²) >= 11 is 1.79. The summed E-state index contributed by atoms with van der Waals surface area (Å²) in [7, 11) is 0. The van der Waals surface area contributed by atoms with Crippen LogP contribution in [0.3, 0.4) is 0 Å². The number of carbonyl (C=O) groups is 1. The summed E-state index contributed by atoms with van der Waals surface area (Å²) in [6, 6.07) is 18.7. The van der Waals surface area contributed by atoms with Gasteiger partial charge in [0.15, 0.2) is 0 Å². The van der Waals surface area contributed by atoms with E-state index in [-0.39, 0.29) is 5.97 Å². The lowest BCUT2D eigenvalue weighted by atomic mass is 10.1. The average Bonchev–Trinajstić information content (AvgIpc) is 2.55. The molecule has 0 aliphatic carbocycles. The van der Waals surface area contributed by atoms with Gasteiger partial charge in [-0.15, -0.1) is 11.8 Å². The highest BCUT2D eigenvalue weighted by Gasteiger charge is 2.05. The Morgan fingerprint density at radius 1 is 1.09 bits per heavy atom. The lowest BCUT2D eigenvalue weighted by molar-refractivity contribution is -0.138. The van der Waals surface area contributed by atoms with Crippen molar-refractivity contribution in [1.29, 1.82) is 0 Å². The minimum absolute atomic E-state index is 0.310. The van der Waals surface area contributed by atoms with E-state index in [1.165, 1.54) is 16.0 Å². The molecule has 3 heteroatoms. The summed E-state index contributed by atoms with van der Waals surface area (Å²) < 4.78 is 5.10. The Hall–Kier alpha value is -2.00. The number of esters is 1. The third kappa shape index (κ3) is 4.78. The van der Waals surface area contributed by atoms with E-state index in [4.69, 9.17) is 4.74 Å². The number of hydrogen-bond acceptors (Lipinski definition) is 3. The molecule has 0 heterocycles. The van der Waals surface area contributed by atoms with Gasteiger partial charge in [0.2, 0.25) is 0 Å². The van der Waals surface area contributed by atoms with Crippen molar-refractivity contribution < 1.29 is 9.53 Å². The Labute approximate surface area is 136 Å². The van der Waals surface area contributed by atoms with Crippen LogP contribution >= 0.6 is 11.8 Å². The smallest absolute Gasteiger partial charge is 0.333 e. The van der Waals surface area contributed by atoms with Crippen LogP contribution in [0.5, 0.6) is 0 Å². The first-order valence-electron chi connectivity index (χ1n) is 7.28. The normalized spacial score (nSPS) is 10.2. The van der Waals surface area contributed by atoms with Gasteiger partial charge in [-0.3, -0.25) is 0 Å². The second-order valence-corrected chi connectivity index (χ2v) is 6.12. The predicted molar refractivity (Wildman–Crippen MR) is 93.0 cm³/mol.